The molecule has 0 aliphatic heterocycles. The summed E-state index contributed by atoms with van der Waals surface area (Å²) in [7, 11) is 0. The fourth-order valence-electron chi connectivity index (χ4n) is 2.15. The molecule has 0 aliphatic carbocycles. The van der Waals surface area contributed by atoms with Gasteiger partial charge in [0.2, 0.25) is 12.2 Å². The molecule has 0 spiro atoms. The van der Waals surface area contributed by atoms with E-state index in [0.717, 1.165) is 0 Å². The summed E-state index contributed by atoms with van der Waals surface area (Å²) in [5.74, 6) is -1.98. The first-order chi connectivity index (χ1) is 15.8. The molecule has 1 rings (SSSR count). The van der Waals surface area contributed by atoms with E-state index in [1.54, 1.807) is 24.3 Å². The number of carboxylic acid groups (broad SMARTS) is 1. The minimum atomic E-state index is -0.895. The third-order valence-corrected chi connectivity index (χ3v) is 3.75. The second-order valence-corrected chi connectivity index (χ2v) is 6.26. The Balaban J connectivity index is 0.000000676. The molecule has 0 heterocycles. The summed E-state index contributed by atoms with van der Waals surface area (Å²) in [6, 6.07) is 8.78. The van der Waals surface area contributed by atoms with Crippen molar-refractivity contribution in [2.24, 2.45) is 9.98 Å². The van der Waals surface area contributed by atoms with E-state index in [1.807, 2.05) is 6.07 Å². The first-order valence-corrected chi connectivity index (χ1v) is 9.87. The number of aliphatic imine (C=N–C) groups is 2. The summed E-state index contributed by atoms with van der Waals surface area (Å²) < 4.78 is 9.56. The first kappa shape index (κ1) is 29.1. The van der Waals surface area contributed by atoms with Crippen molar-refractivity contribution in [1.29, 1.82) is 0 Å². The lowest BCUT2D eigenvalue weighted by Gasteiger charge is -2.07. The summed E-state index contributed by atoms with van der Waals surface area (Å²) >= 11 is 0. The second kappa shape index (κ2) is 18.8. The summed E-state index contributed by atoms with van der Waals surface area (Å²) in [4.78, 5) is 59.3. The number of aliphatic hydroxyl groups is 1. The summed E-state index contributed by atoms with van der Waals surface area (Å²) in [6.07, 6.45) is 3.06. The van der Waals surface area contributed by atoms with E-state index < -0.39 is 24.1 Å². The highest BCUT2D eigenvalue weighted by molar-refractivity contribution is 5.87. The van der Waals surface area contributed by atoms with Crippen molar-refractivity contribution in [3.05, 3.63) is 48.0 Å². The van der Waals surface area contributed by atoms with Crippen molar-refractivity contribution in [3.8, 4) is 0 Å². The van der Waals surface area contributed by atoms with Crippen LogP contribution in [-0.4, -0.2) is 60.1 Å². The Morgan fingerprint density at radius 2 is 1.52 bits per heavy atom. The SMILES string of the molecule is C=C(CCO)C(=O)OCCOC(=O)CCCCC(=O)O.O=C=NC(N=C=O)c1ccccc1. The van der Waals surface area contributed by atoms with E-state index in [-0.39, 0.29) is 44.7 Å². The molecule has 0 saturated heterocycles. The van der Waals surface area contributed by atoms with Gasteiger partial charge in [-0.2, -0.15) is 9.98 Å². The molecule has 0 aliphatic rings. The Labute approximate surface area is 190 Å². The number of carboxylic acids is 1. The van der Waals surface area contributed by atoms with Gasteiger partial charge in [0.05, 0.1) is 0 Å². The topological polar surface area (TPSA) is 169 Å². The number of carbonyl (C=O) groups is 3. The van der Waals surface area contributed by atoms with Gasteiger partial charge in [0.15, 0.2) is 6.17 Å². The molecule has 1 aromatic carbocycles. The van der Waals surface area contributed by atoms with Gasteiger partial charge in [0.25, 0.3) is 0 Å². The van der Waals surface area contributed by atoms with E-state index >= 15 is 0 Å². The van der Waals surface area contributed by atoms with Crippen molar-refractivity contribution in [3.63, 3.8) is 0 Å². The zero-order valence-electron chi connectivity index (χ0n) is 18.0. The number of nitrogens with zero attached hydrogens (tertiary/aromatic N) is 2. The minimum Gasteiger partial charge on any atom is -0.481 e. The number of rotatable bonds is 14. The average molecular weight is 462 g/mol. The highest BCUT2D eigenvalue weighted by Gasteiger charge is 2.09. The molecule has 33 heavy (non-hydrogen) atoms. The van der Waals surface area contributed by atoms with E-state index in [2.05, 4.69) is 16.6 Å². The molecule has 178 valence electrons. The van der Waals surface area contributed by atoms with Crippen molar-refractivity contribution < 1.29 is 43.7 Å². The normalized spacial score (nSPS) is 10.2. The number of hydrogen-bond acceptors (Lipinski definition) is 10. The number of ether oxygens (including phenoxy) is 2. The molecule has 2 N–H and O–H groups in total. The number of aliphatic carboxylic acids is 1. The van der Waals surface area contributed by atoms with E-state index in [9.17, 15) is 24.0 Å². The monoisotopic (exact) mass is 462 g/mol. The fourth-order valence-corrected chi connectivity index (χ4v) is 2.15. The third-order valence-electron chi connectivity index (χ3n) is 3.75. The van der Waals surface area contributed by atoms with Gasteiger partial charge in [-0.05, 0) is 18.4 Å². The molecule has 0 atom stereocenters. The molecule has 0 aromatic heterocycles. The maximum atomic E-state index is 11.2. The number of esters is 2. The van der Waals surface area contributed by atoms with Crippen LogP contribution in [0.3, 0.4) is 0 Å². The molecule has 0 unspecified atom stereocenters. The van der Waals surface area contributed by atoms with Crippen LogP contribution in [0.5, 0.6) is 0 Å². The molecule has 0 fully saturated rings. The molecule has 0 amide bonds. The highest BCUT2D eigenvalue weighted by atomic mass is 16.6. The number of hydrogen-bond donors (Lipinski definition) is 2. The average Bonchev–Trinajstić information content (AvgIpc) is 2.80. The summed E-state index contributed by atoms with van der Waals surface area (Å²) in [5.41, 5.74) is 0.821. The Morgan fingerprint density at radius 1 is 0.939 bits per heavy atom. The van der Waals surface area contributed by atoms with Crippen LogP contribution in [0.4, 0.5) is 0 Å². The van der Waals surface area contributed by atoms with Crippen LogP contribution < -0.4 is 0 Å². The van der Waals surface area contributed by atoms with Crippen molar-refractivity contribution in [2.45, 2.75) is 38.3 Å². The minimum absolute atomic E-state index is 0.0257. The van der Waals surface area contributed by atoms with Crippen LogP contribution in [-0.2, 0) is 33.4 Å². The number of isocyanates is 2. The van der Waals surface area contributed by atoms with Gasteiger partial charge in [0, 0.05) is 31.4 Å². The van der Waals surface area contributed by atoms with Crippen molar-refractivity contribution >= 4 is 30.1 Å². The van der Waals surface area contributed by atoms with Gasteiger partial charge >= 0.3 is 17.9 Å². The maximum absolute atomic E-state index is 11.2. The summed E-state index contributed by atoms with van der Waals surface area (Å²) in [6.45, 7) is 3.11. The zero-order valence-corrected chi connectivity index (χ0v) is 18.0. The number of benzene rings is 1. The second-order valence-electron chi connectivity index (χ2n) is 6.26. The van der Waals surface area contributed by atoms with E-state index in [4.69, 9.17) is 19.7 Å². The van der Waals surface area contributed by atoms with Crippen LogP contribution in [0.2, 0.25) is 0 Å². The van der Waals surface area contributed by atoms with Gasteiger partial charge in [0.1, 0.15) is 13.2 Å². The van der Waals surface area contributed by atoms with Crippen LogP contribution in [0.15, 0.2) is 52.5 Å². The Bertz CT molecular complexity index is 840. The Morgan fingerprint density at radius 3 is 2.06 bits per heavy atom. The molecular weight excluding hydrogens is 436 g/mol. The molecular formula is C22H26N2O9. The van der Waals surface area contributed by atoms with Gasteiger partial charge < -0.3 is 19.7 Å². The highest BCUT2D eigenvalue weighted by Crippen LogP contribution is 2.16. The molecule has 11 heteroatoms. The zero-order chi connectivity index (χ0) is 24.9. The number of carbonyl (C=O) groups excluding carboxylic acids is 4. The summed E-state index contributed by atoms with van der Waals surface area (Å²) in [5, 5.41) is 17.0. The molecule has 0 bridgehead atoms. The molecule has 1 aromatic rings. The standard InChI is InChI=1S/C13H20O7.C9H6N2O2/c1-10(6-7-14)13(18)20-9-8-19-12(17)5-3-2-4-11(15)16;12-6-10-9(11-7-13)8-4-2-1-3-5-8/h14H,1-9H2,(H,15,16);1-5,9H. The van der Waals surface area contributed by atoms with E-state index in [1.165, 1.54) is 12.2 Å². The lowest BCUT2D eigenvalue weighted by Crippen LogP contribution is -2.15. The van der Waals surface area contributed by atoms with Gasteiger partial charge in [-0.1, -0.05) is 36.9 Å². The first-order valence-electron chi connectivity index (χ1n) is 9.87. The maximum Gasteiger partial charge on any atom is 0.333 e. The third kappa shape index (κ3) is 15.5. The van der Waals surface area contributed by atoms with Gasteiger partial charge in [-0.25, -0.2) is 14.4 Å². The number of unbranched alkanes of at least 4 members (excludes halogenated alkanes) is 1. The largest absolute Gasteiger partial charge is 0.481 e. The Hall–Kier alpha value is -3.91. The molecule has 11 nitrogen and oxygen atoms in total. The van der Waals surface area contributed by atoms with Crippen molar-refractivity contribution in [2.75, 3.05) is 19.8 Å². The van der Waals surface area contributed by atoms with Crippen LogP contribution in [0.25, 0.3) is 0 Å². The predicted molar refractivity (Wildman–Crippen MR) is 114 cm³/mol. The smallest absolute Gasteiger partial charge is 0.333 e. The Kier molecular flexibility index (Phi) is 16.6. The lowest BCUT2D eigenvalue weighted by molar-refractivity contribution is -0.150. The van der Waals surface area contributed by atoms with Crippen LogP contribution in [0.1, 0.15) is 43.8 Å². The number of aliphatic hydroxyl groups excluding tert-OH is 1. The van der Waals surface area contributed by atoms with Crippen LogP contribution >= 0.6 is 0 Å². The van der Waals surface area contributed by atoms with Gasteiger partial charge in [-0.3, -0.25) is 9.59 Å². The van der Waals surface area contributed by atoms with Crippen LogP contribution in [0, 0.1) is 0 Å². The molecule has 0 radical (unpaired) electrons. The quantitative estimate of drug-likeness (QED) is 0.138. The van der Waals surface area contributed by atoms with E-state index in [0.29, 0.717) is 18.4 Å². The predicted octanol–water partition coefficient (Wildman–Crippen LogP) is 2.01. The molecule has 0 saturated carbocycles. The fraction of sp³-hybridized carbons (Fsp3) is 0.409. The van der Waals surface area contributed by atoms with Gasteiger partial charge in [-0.15, -0.1) is 0 Å². The lowest BCUT2D eigenvalue weighted by atomic mass is 10.2. The van der Waals surface area contributed by atoms with Crippen molar-refractivity contribution in [1.82, 2.24) is 0 Å².